The molecule has 0 radical (unpaired) electrons. The molecule has 1 heterocycles. The summed E-state index contributed by atoms with van der Waals surface area (Å²) >= 11 is 0. The standard InChI is InChI=1S/C18H14.C15H24O2.C15H14.3C14H24.C13H22.2C11H20.2C10H18/c1-11-7-13-3-5-15-9-12(2)10-16-6-4-14(8-11)17(13)18(15)16;1-9-5-11-12-6-10(2)8-14(12)15(13(11)7-9)16-3-4-17-15;1-10-5-12-3-4-13-6-11(2)8-15(13)9-14(12)7-10;1-9-3-11-7-13-5-10(2)6-14(13)8-12(11)4-9;1-9-11-5-3-7-13(11)10(2)14-8-4-6-12(9)14;1-9-5-11-3-4-12-6-10(2)8-14(12)13(11)7-9;1-8-3-10-7-11-4-9(2)6-13(11)12(10)5-8;1-8-3-4-10-6-9(2)7-11(10)5-8;1-8-6-7-9(2)11-5-3-4-10(8)11;1-7-3-9-5-8(2)6-10(9)4-7;1-7-6-8(2)10-5-3-4-9(7)10/h3-10H,1-2H3;9-14H,3-8H2,1-2H3;3-5,7-9H,6H2,1-2H3;3*9-14H,3-8H2,1-2H3;8-13H,3-7H2,1-2H3;2*8-11H,3-7H2,1-2H3;2*7-10H,3-6H2,1-2H3. The van der Waals surface area contributed by atoms with E-state index in [4.69, 9.17) is 9.47 Å². The van der Waals surface area contributed by atoms with E-state index in [0.717, 1.165) is 280 Å². The van der Waals surface area contributed by atoms with Crippen molar-refractivity contribution >= 4 is 38.4 Å². The second-order valence-corrected chi connectivity index (χ2v) is 61.6. The Morgan fingerprint density at radius 1 is 0.218 bits per heavy atom. The maximum Gasteiger partial charge on any atom is 0.174 e. The average molecular weight is 2000 g/mol. The largest absolute Gasteiger partial charge is 0.347 e. The van der Waals surface area contributed by atoms with Crippen molar-refractivity contribution in [3.63, 3.8) is 0 Å². The predicted molar refractivity (Wildman–Crippen MR) is 630 cm³/mol. The fourth-order valence-corrected chi connectivity index (χ4v) is 44.7. The number of hydrogen-bond donors (Lipinski definition) is 0. The molecule has 24 fully saturated rings. The van der Waals surface area contributed by atoms with Crippen molar-refractivity contribution in [3.8, 4) is 11.1 Å². The quantitative estimate of drug-likeness (QED) is 0.141. The van der Waals surface area contributed by atoms with Gasteiger partial charge in [-0.05, 0) is 616 Å². The number of allylic oxidation sites excluding steroid dienone is 1. The monoisotopic (exact) mass is 2000 g/mol. The van der Waals surface area contributed by atoms with Crippen molar-refractivity contribution in [2.45, 2.75) is 453 Å². The molecular weight excluding hydrogens is 1770 g/mol. The number of hydrogen-bond acceptors (Lipinski definition) is 2. The zero-order valence-electron chi connectivity index (χ0n) is 98.9. The SMILES string of the molecule is CC1=Cc2cc3cc(C)cc-3ccc2C1.CC1C2CCCC2C(C)C2CCCC12.CC1CC(C)C2CCCC12.CC1CC2C3CC(C)CC3C3(OCCO3)C2C1.CC1CC2CC(C)CC2C1.CC1CC2CC3CC(C)CC3C2C1.CC1CC2CC3CC(C)CC3CC2C1.CC1CC2CCC3CC(C)CC3C2C1.CC1CCC(C)C2CCCC12.CC1CCC2CC(C)CC2C1.Cc1cc2ccc3cc(C)cc4ccc(c1)c2c34. The van der Waals surface area contributed by atoms with E-state index in [9.17, 15) is 0 Å². The van der Waals surface area contributed by atoms with Crippen LogP contribution in [0.2, 0.25) is 0 Å². The van der Waals surface area contributed by atoms with E-state index in [0.29, 0.717) is 11.8 Å². The first-order valence-corrected chi connectivity index (χ1v) is 65.9. The summed E-state index contributed by atoms with van der Waals surface area (Å²) in [7, 11) is 0. The molecule has 26 aliphatic carbocycles. The summed E-state index contributed by atoms with van der Waals surface area (Å²) in [5, 5.41) is 8.24. The Balaban J connectivity index is 0.0000000953. The van der Waals surface area contributed by atoms with Crippen LogP contribution in [0.15, 0.2) is 84.4 Å². The van der Waals surface area contributed by atoms with Gasteiger partial charge in [0.05, 0.1) is 13.2 Å². The fraction of sp³-hybridized carbons (Fsp3) is 0.807. The summed E-state index contributed by atoms with van der Waals surface area (Å²) in [5.41, 5.74) is 11.0. The van der Waals surface area contributed by atoms with Gasteiger partial charge in [-0.25, -0.2) is 0 Å². The third kappa shape index (κ3) is 23.8. The summed E-state index contributed by atoms with van der Waals surface area (Å²) < 4.78 is 12.4. The maximum atomic E-state index is 6.20. The second-order valence-electron chi connectivity index (χ2n) is 61.6. The van der Waals surface area contributed by atoms with Crippen LogP contribution in [0.1, 0.15) is 448 Å². The first-order valence-electron chi connectivity index (χ1n) is 65.9. The molecule has 27 aliphatic rings. The van der Waals surface area contributed by atoms with Crippen LogP contribution in [0.3, 0.4) is 0 Å². The van der Waals surface area contributed by atoms with Gasteiger partial charge in [0.2, 0.25) is 0 Å². The third-order valence-corrected chi connectivity index (χ3v) is 50.1. The first kappa shape index (κ1) is 109. The molecule has 1 spiro atoms. The van der Waals surface area contributed by atoms with E-state index >= 15 is 0 Å². The van der Waals surface area contributed by atoms with Crippen LogP contribution < -0.4 is 0 Å². The van der Waals surface area contributed by atoms with Crippen molar-refractivity contribution in [1.29, 1.82) is 0 Å². The Labute approximate surface area is 903 Å². The highest BCUT2D eigenvalue weighted by molar-refractivity contribution is 6.23. The highest BCUT2D eigenvalue weighted by Crippen LogP contribution is 2.68. The van der Waals surface area contributed by atoms with Gasteiger partial charge < -0.3 is 9.47 Å². The van der Waals surface area contributed by atoms with Crippen LogP contribution in [-0.4, -0.2) is 19.0 Å². The molecule has 0 bridgehead atoms. The minimum atomic E-state index is -0.148. The van der Waals surface area contributed by atoms with Gasteiger partial charge in [0.1, 0.15) is 0 Å². The van der Waals surface area contributed by atoms with E-state index < -0.39 is 0 Å². The molecule has 38 atom stereocenters. The lowest BCUT2D eigenvalue weighted by molar-refractivity contribution is -0.213. The summed E-state index contributed by atoms with van der Waals surface area (Å²) in [5.74, 6) is 48.7. The van der Waals surface area contributed by atoms with Gasteiger partial charge in [0.25, 0.3) is 0 Å². The maximum absolute atomic E-state index is 6.20. The Hall–Kier alpha value is -3.72. The van der Waals surface area contributed by atoms with Crippen molar-refractivity contribution in [2.24, 2.45) is 272 Å². The molecule has 2 heteroatoms. The second kappa shape index (κ2) is 46.8. The summed E-state index contributed by atoms with van der Waals surface area (Å²) in [6.45, 7) is 54.7. The number of benzene rings is 4. The van der Waals surface area contributed by atoms with Crippen LogP contribution in [0.25, 0.3) is 49.5 Å². The van der Waals surface area contributed by atoms with Crippen molar-refractivity contribution in [2.75, 3.05) is 13.2 Å². The van der Waals surface area contributed by atoms with E-state index in [1.54, 1.807) is 135 Å². The molecule has 0 N–H and O–H groups in total. The molecule has 2 nitrogen and oxygen atoms in total. The average Bonchev–Trinajstić information content (AvgIpc) is 1.54. The summed E-state index contributed by atoms with van der Waals surface area (Å²) in [6.07, 6.45) is 72.4. The fourth-order valence-electron chi connectivity index (χ4n) is 44.7. The molecule has 0 aromatic heterocycles. The third-order valence-electron chi connectivity index (χ3n) is 50.1. The number of aryl methyl sites for hydroxylation is 3. The van der Waals surface area contributed by atoms with Crippen LogP contribution in [0, 0.1) is 293 Å². The number of ether oxygens (including phenoxy) is 2. The van der Waals surface area contributed by atoms with Crippen LogP contribution in [0.5, 0.6) is 0 Å². The molecule has 1 aliphatic heterocycles. The molecule has 31 rings (SSSR count). The highest BCUT2D eigenvalue weighted by atomic mass is 16.7. The van der Waals surface area contributed by atoms with Gasteiger partial charge in [-0.15, -0.1) is 0 Å². The summed E-state index contributed by atoms with van der Waals surface area (Å²) in [6, 6.07) is 29.4. The Kier molecular flexibility index (Phi) is 34.7. The van der Waals surface area contributed by atoms with Crippen molar-refractivity contribution in [1.82, 2.24) is 0 Å². The van der Waals surface area contributed by atoms with Gasteiger partial charge in [-0.3, -0.25) is 0 Å². The summed E-state index contributed by atoms with van der Waals surface area (Å²) in [4.78, 5) is 0. The van der Waals surface area contributed by atoms with Crippen LogP contribution in [-0.2, 0) is 15.9 Å². The zero-order valence-corrected chi connectivity index (χ0v) is 98.9. The normalized spacial score (nSPS) is 45.7. The van der Waals surface area contributed by atoms with Gasteiger partial charge in [0, 0.05) is 11.8 Å². The molecule has 23 saturated carbocycles. The van der Waals surface area contributed by atoms with Crippen molar-refractivity contribution in [3.05, 3.63) is 112 Å². The Bertz CT molecular complexity index is 4860. The van der Waals surface area contributed by atoms with Crippen LogP contribution >= 0.6 is 0 Å². The molecule has 147 heavy (non-hydrogen) atoms. The molecule has 1 saturated heterocycles. The first-order chi connectivity index (χ1) is 70.7. The zero-order chi connectivity index (χ0) is 102. The predicted octanol–water partition coefficient (Wildman–Crippen LogP) is 41.5. The lowest BCUT2D eigenvalue weighted by Crippen LogP contribution is -2.41. The molecule has 4 aromatic carbocycles. The van der Waals surface area contributed by atoms with Crippen LogP contribution in [0.4, 0.5) is 0 Å². The van der Waals surface area contributed by atoms with E-state index in [2.05, 4.69) is 237 Å². The van der Waals surface area contributed by atoms with Gasteiger partial charge >= 0.3 is 0 Å². The number of fused-ring (bicyclic) bond motifs is 21. The van der Waals surface area contributed by atoms with Gasteiger partial charge in [0.15, 0.2) is 5.79 Å². The van der Waals surface area contributed by atoms with Gasteiger partial charge in [-0.1, -0.05) is 254 Å². The van der Waals surface area contributed by atoms with E-state index in [1.807, 2.05) is 0 Å². The molecule has 4 aromatic rings. The Morgan fingerprint density at radius 2 is 0.510 bits per heavy atom. The van der Waals surface area contributed by atoms with Crippen molar-refractivity contribution < 1.29 is 9.47 Å². The Morgan fingerprint density at radius 3 is 0.912 bits per heavy atom. The number of rotatable bonds is 0. The molecule has 814 valence electrons. The lowest BCUT2D eigenvalue weighted by atomic mass is 9.60. The lowest BCUT2D eigenvalue weighted by Gasteiger charge is -2.45. The minimum Gasteiger partial charge on any atom is -0.347 e. The molecular formula is C145H222O2. The van der Waals surface area contributed by atoms with Gasteiger partial charge in [-0.2, -0.15) is 0 Å². The van der Waals surface area contributed by atoms with E-state index in [-0.39, 0.29) is 5.79 Å². The topological polar surface area (TPSA) is 18.5 Å². The smallest absolute Gasteiger partial charge is 0.174 e. The highest BCUT2D eigenvalue weighted by Gasteiger charge is 2.67. The van der Waals surface area contributed by atoms with E-state index in [1.165, 1.54) is 231 Å². The molecule has 38 unspecified atom stereocenters. The molecule has 0 amide bonds. The minimum absolute atomic E-state index is 0.148.